The number of hydrogen-bond acceptors (Lipinski definition) is 7. The van der Waals surface area contributed by atoms with Crippen molar-refractivity contribution in [1.82, 2.24) is 19.6 Å². The van der Waals surface area contributed by atoms with Crippen LogP contribution < -0.4 is 4.90 Å². The van der Waals surface area contributed by atoms with Gasteiger partial charge in [-0.15, -0.1) is 0 Å². The lowest BCUT2D eigenvalue weighted by atomic mass is 9.92. The maximum absolute atomic E-state index is 12.7. The van der Waals surface area contributed by atoms with Gasteiger partial charge in [0.2, 0.25) is 0 Å². The molecule has 0 saturated carbocycles. The molecular weight excluding hydrogens is 554 g/mol. The van der Waals surface area contributed by atoms with Crippen LogP contribution >= 0.6 is 0 Å². The highest BCUT2D eigenvalue weighted by atomic mass is 16.5. The summed E-state index contributed by atoms with van der Waals surface area (Å²) in [6.07, 6.45) is 10.3. The van der Waals surface area contributed by atoms with E-state index in [1.807, 2.05) is 62.8 Å². The summed E-state index contributed by atoms with van der Waals surface area (Å²) in [6, 6.07) is 12.4. The number of hydrogen-bond donors (Lipinski definition) is 1. The number of fused-ring (bicyclic) bond motifs is 6. The second kappa shape index (κ2) is 11.8. The zero-order valence-electron chi connectivity index (χ0n) is 26.2. The fourth-order valence-corrected chi connectivity index (χ4v) is 6.21. The molecule has 44 heavy (non-hydrogen) atoms. The fraction of sp³-hybridized carbons (Fsp3) is 0.429. The lowest BCUT2D eigenvalue weighted by Gasteiger charge is -2.41. The van der Waals surface area contributed by atoms with Crippen molar-refractivity contribution in [3.63, 3.8) is 0 Å². The van der Waals surface area contributed by atoms with E-state index in [2.05, 4.69) is 47.2 Å². The minimum absolute atomic E-state index is 0.286. The van der Waals surface area contributed by atoms with Gasteiger partial charge in [-0.05, 0) is 83.6 Å². The third-order valence-corrected chi connectivity index (χ3v) is 8.54. The number of aromatic nitrogens is 4. The Morgan fingerprint density at radius 2 is 1.89 bits per heavy atom. The number of rotatable bonds is 3. The average molecular weight is 596 g/mol. The van der Waals surface area contributed by atoms with Gasteiger partial charge in [0.1, 0.15) is 5.82 Å². The molecule has 1 unspecified atom stereocenters. The number of carboxylic acid groups (broad SMARTS) is 1. The average Bonchev–Trinajstić information content (AvgIpc) is 3.41. The molecule has 230 valence electrons. The van der Waals surface area contributed by atoms with E-state index in [0.29, 0.717) is 42.4 Å². The second-order valence-electron chi connectivity index (χ2n) is 13.1. The van der Waals surface area contributed by atoms with Crippen LogP contribution in [-0.2, 0) is 20.7 Å². The Kier molecular flexibility index (Phi) is 8.02. The molecule has 1 saturated heterocycles. The molecule has 1 atom stereocenters. The van der Waals surface area contributed by atoms with Gasteiger partial charge < -0.3 is 19.5 Å². The number of ether oxygens (including phenoxy) is 2. The quantitative estimate of drug-likeness (QED) is 0.265. The SMILES string of the molecule is Cc1nc2cc3nn2c(c1C(OC(C)(C)C)C(=O)O)N1CCC(C)(CC1)OCC=CCCc1ccncc1-c1cccc-3c1. The van der Waals surface area contributed by atoms with Crippen LogP contribution in [0, 0.1) is 6.92 Å². The van der Waals surface area contributed by atoms with Crippen molar-refractivity contribution in [1.29, 1.82) is 0 Å². The van der Waals surface area contributed by atoms with Crippen LogP contribution in [0.25, 0.3) is 28.0 Å². The summed E-state index contributed by atoms with van der Waals surface area (Å²) in [5, 5.41) is 15.5. The molecule has 3 aliphatic heterocycles. The number of carbonyl (C=O) groups is 1. The smallest absolute Gasteiger partial charge is 0.337 e. The van der Waals surface area contributed by atoms with Crippen molar-refractivity contribution >= 4 is 17.4 Å². The number of piperidine rings is 1. The third kappa shape index (κ3) is 6.12. The Balaban J connectivity index is 1.55. The molecule has 6 bridgehead atoms. The molecular formula is C35H41N5O4. The number of carboxylic acids is 1. The van der Waals surface area contributed by atoms with E-state index in [0.717, 1.165) is 48.1 Å². The third-order valence-electron chi connectivity index (χ3n) is 8.54. The van der Waals surface area contributed by atoms with E-state index >= 15 is 0 Å². The van der Waals surface area contributed by atoms with Crippen molar-refractivity contribution in [2.45, 2.75) is 77.6 Å². The van der Waals surface area contributed by atoms with Crippen LogP contribution in [0.1, 0.15) is 69.9 Å². The van der Waals surface area contributed by atoms with E-state index in [-0.39, 0.29) is 5.60 Å². The van der Waals surface area contributed by atoms with Crippen LogP contribution in [0.15, 0.2) is 60.9 Å². The summed E-state index contributed by atoms with van der Waals surface area (Å²) in [6.45, 7) is 11.5. The van der Waals surface area contributed by atoms with Crippen LogP contribution in [0.4, 0.5) is 5.82 Å². The molecule has 4 aromatic rings. The van der Waals surface area contributed by atoms with Gasteiger partial charge in [-0.3, -0.25) is 4.98 Å². The largest absolute Gasteiger partial charge is 0.479 e. The van der Waals surface area contributed by atoms with Crippen molar-refractivity contribution in [2.75, 3.05) is 24.6 Å². The molecule has 0 spiro atoms. The van der Waals surface area contributed by atoms with E-state index in [1.165, 1.54) is 5.56 Å². The monoisotopic (exact) mass is 595 g/mol. The Morgan fingerprint density at radius 3 is 2.64 bits per heavy atom. The highest BCUT2D eigenvalue weighted by Crippen LogP contribution is 2.38. The van der Waals surface area contributed by atoms with Crippen molar-refractivity contribution in [3.8, 4) is 22.4 Å². The number of anilines is 1. The van der Waals surface area contributed by atoms with Crippen LogP contribution in [0.2, 0.25) is 0 Å². The van der Waals surface area contributed by atoms with Crippen molar-refractivity contribution < 1.29 is 19.4 Å². The molecule has 1 fully saturated rings. The van der Waals surface area contributed by atoms with Gasteiger partial charge in [0.25, 0.3) is 0 Å². The highest BCUT2D eigenvalue weighted by Gasteiger charge is 2.37. The van der Waals surface area contributed by atoms with Crippen LogP contribution in [0.3, 0.4) is 0 Å². The van der Waals surface area contributed by atoms with Crippen molar-refractivity contribution in [2.24, 2.45) is 0 Å². The molecule has 9 heteroatoms. The lowest BCUT2D eigenvalue weighted by Crippen LogP contribution is -2.45. The number of allylic oxidation sites excluding steroid dienone is 1. The van der Waals surface area contributed by atoms with Gasteiger partial charge in [-0.2, -0.15) is 9.61 Å². The number of benzene rings is 1. The van der Waals surface area contributed by atoms with Gasteiger partial charge in [0.05, 0.1) is 29.1 Å². The Bertz CT molecular complexity index is 1710. The molecule has 1 N–H and O–H groups in total. The predicted octanol–water partition coefficient (Wildman–Crippen LogP) is 6.59. The second-order valence-corrected chi connectivity index (χ2v) is 13.1. The maximum Gasteiger partial charge on any atom is 0.337 e. The van der Waals surface area contributed by atoms with E-state index in [1.54, 1.807) is 0 Å². The minimum atomic E-state index is -1.21. The summed E-state index contributed by atoms with van der Waals surface area (Å²) >= 11 is 0. The zero-order chi connectivity index (χ0) is 31.1. The normalized spacial score (nSPS) is 17.6. The Morgan fingerprint density at radius 1 is 1.11 bits per heavy atom. The predicted molar refractivity (Wildman–Crippen MR) is 171 cm³/mol. The van der Waals surface area contributed by atoms with Gasteiger partial charge in [-0.1, -0.05) is 30.4 Å². The molecule has 0 amide bonds. The first-order chi connectivity index (χ1) is 21.0. The maximum atomic E-state index is 12.7. The summed E-state index contributed by atoms with van der Waals surface area (Å²) in [7, 11) is 0. The number of nitrogens with zero attached hydrogens (tertiary/aromatic N) is 5. The molecule has 3 aliphatic rings. The molecule has 9 nitrogen and oxygen atoms in total. The summed E-state index contributed by atoms with van der Waals surface area (Å²) in [4.78, 5) is 24.3. The fourth-order valence-electron chi connectivity index (χ4n) is 6.21. The first-order valence-electron chi connectivity index (χ1n) is 15.4. The highest BCUT2D eigenvalue weighted by molar-refractivity contribution is 5.79. The van der Waals surface area contributed by atoms with E-state index in [9.17, 15) is 9.90 Å². The van der Waals surface area contributed by atoms with E-state index < -0.39 is 17.7 Å². The molecule has 6 heterocycles. The lowest BCUT2D eigenvalue weighted by molar-refractivity contribution is -0.160. The molecule has 1 aromatic carbocycles. The zero-order valence-corrected chi connectivity index (χ0v) is 26.2. The van der Waals surface area contributed by atoms with Crippen molar-refractivity contribution in [3.05, 3.63) is 77.8 Å². The minimum Gasteiger partial charge on any atom is -0.479 e. The molecule has 0 radical (unpaired) electrons. The molecule has 7 rings (SSSR count). The van der Waals surface area contributed by atoms with Gasteiger partial charge in [0.15, 0.2) is 11.8 Å². The summed E-state index contributed by atoms with van der Waals surface area (Å²) in [5.41, 5.74) is 5.94. The topological polar surface area (TPSA) is 102 Å². The van der Waals surface area contributed by atoms with Crippen LogP contribution in [0.5, 0.6) is 0 Å². The Hall–Kier alpha value is -4.08. The number of pyridine rings is 1. The number of aryl methyl sites for hydroxylation is 2. The summed E-state index contributed by atoms with van der Waals surface area (Å²) in [5.74, 6) is -0.346. The number of aliphatic carboxylic acids is 1. The van der Waals surface area contributed by atoms with Crippen LogP contribution in [-0.4, -0.2) is 61.6 Å². The van der Waals surface area contributed by atoms with Gasteiger partial charge >= 0.3 is 5.97 Å². The Labute approximate surface area is 258 Å². The standard InChI is InChI=1S/C35H41N5O4/c1-23-30(31(33(41)42)44-34(2,3)4)32-39-17-14-35(5,15-18-39)43-19-8-6-7-10-24-13-16-36-22-27(24)25-11-9-12-26(20-25)28-21-29(37-23)40(32)38-28/h6,8-9,11-13,16,20-22,31H,7,10,14-15,17-19H2,1-5H3,(H,41,42). The molecule has 0 aliphatic carbocycles. The van der Waals surface area contributed by atoms with E-state index in [4.69, 9.17) is 19.6 Å². The molecule has 3 aromatic heterocycles. The first-order valence-corrected chi connectivity index (χ1v) is 15.4. The summed E-state index contributed by atoms with van der Waals surface area (Å²) < 4.78 is 14.4. The van der Waals surface area contributed by atoms with Gasteiger partial charge in [-0.25, -0.2) is 9.78 Å². The van der Waals surface area contributed by atoms with Gasteiger partial charge in [0, 0.05) is 48.4 Å². The first kappa shape index (κ1) is 30.0.